The smallest absolute Gasteiger partial charge is 0.268 e. The van der Waals surface area contributed by atoms with Gasteiger partial charge in [-0.05, 0) is 49.6 Å². The Morgan fingerprint density at radius 3 is 2.85 bits per heavy atom. The van der Waals surface area contributed by atoms with E-state index in [0.29, 0.717) is 28.7 Å². The van der Waals surface area contributed by atoms with Gasteiger partial charge in [-0.2, -0.15) is 0 Å². The van der Waals surface area contributed by atoms with Gasteiger partial charge in [-0.3, -0.25) is 4.79 Å². The van der Waals surface area contributed by atoms with Crippen LogP contribution in [0.25, 0.3) is 0 Å². The lowest BCUT2D eigenvalue weighted by molar-refractivity contribution is 0.0451. The average molecular weight is 391 g/mol. The van der Waals surface area contributed by atoms with Crippen molar-refractivity contribution in [3.8, 4) is 11.8 Å². The van der Waals surface area contributed by atoms with Crippen molar-refractivity contribution in [2.75, 3.05) is 0 Å². The Morgan fingerprint density at radius 2 is 2.15 bits per heavy atom. The summed E-state index contributed by atoms with van der Waals surface area (Å²) in [6, 6.07) is 10.5. The molecule has 136 valence electrons. The molecule has 1 amide bonds. The minimum Gasteiger partial charge on any atom is -0.378 e. The molecule has 1 aliphatic carbocycles. The first kappa shape index (κ1) is 18.8. The van der Waals surface area contributed by atoms with Crippen LogP contribution in [0.15, 0.2) is 36.4 Å². The van der Waals surface area contributed by atoms with E-state index >= 15 is 0 Å². The summed E-state index contributed by atoms with van der Waals surface area (Å²) in [4.78, 5) is 12.5. The van der Waals surface area contributed by atoms with E-state index in [1.165, 1.54) is 0 Å². The van der Waals surface area contributed by atoms with Gasteiger partial charge in [0, 0.05) is 30.1 Å². The van der Waals surface area contributed by atoms with Gasteiger partial charge < -0.3 is 15.0 Å². The second-order valence-electron chi connectivity index (χ2n) is 6.66. The van der Waals surface area contributed by atoms with E-state index in [0.717, 1.165) is 18.4 Å². The number of aliphatic hydroxyl groups is 1. The normalized spacial score (nSPS) is 22.4. The highest BCUT2D eigenvalue weighted by atomic mass is 35.5. The summed E-state index contributed by atoms with van der Waals surface area (Å²) < 4.78 is 1.63. The molecule has 1 aromatic carbocycles. The molecule has 2 aromatic rings. The van der Waals surface area contributed by atoms with Crippen LogP contribution in [-0.2, 0) is 7.05 Å². The van der Waals surface area contributed by atoms with Gasteiger partial charge in [0.1, 0.15) is 16.4 Å². The Labute approximate surface area is 163 Å². The predicted molar refractivity (Wildman–Crippen MR) is 103 cm³/mol. The molecule has 3 rings (SSSR count). The SMILES string of the molecule is Cn1c(Cl)ccc1C(=O)N[C@H]1CCCC(O)(C#Cc2cccc(Cl)c2)C1. The molecule has 1 aromatic heterocycles. The first-order chi connectivity index (χ1) is 12.4. The number of rotatable bonds is 2. The van der Waals surface area contributed by atoms with E-state index in [2.05, 4.69) is 17.2 Å². The minimum absolute atomic E-state index is 0.136. The molecule has 1 aliphatic rings. The van der Waals surface area contributed by atoms with Crippen molar-refractivity contribution in [3.05, 3.63) is 57.8 Å². The van der Waals surface area contributed by atoms with Crippen molar-refractivity contribution in [2.24, 2.45) is 7.05 Å². The Bertz CT molecular complexity index is 881. The Kier molecular flexibility index (Phi) is 5.62. The lowest BCUT2D eigenvalue weighted by Gasteiger charge is -2.33. The number of carbonyl (C=O) groups excluding carboxylic acids is 1. The highest BCUT2D eigenvalue weighted by molar-refractivity contribution is 6.30. The van der Waals surface area contributed by atoms with Crippen LogP contribution >= 0.6 is 23.2 Å². The van der Waals surface area contributed by atoms with Crippen molar-refractivity contribution < 1.29 is 9.90 Å². The predicted octanol–water partition coefficient (Wildman–Crippen LogP) is 3.79. The van der Waals surface area contributed by atoms with E-state index < -0.39 is 5.60 Å². The van der Waals surface area contributed by atoms with Gasteiger partial charge in [0.05, 0.1) is 0 Å². The summed E-state index contributed by atoms with van der Waals surface area (Å²) in [5.74, 6) is 5.77. The third kappa shape index (κ3) is 4.42. The molecule has 0 saturated heterocycles. The molecule has 0 radical (unpaired) electrons. The highest BCUT2D eigenvalue weighted by Crippen LogP contribution is 2.28. The lowest BCUT2D eigenvalue weighted by Crippen LogP contribution is -2.45. The number of nitrogens with one attached hydrogen (secondary N) is 1. The van der Waals surface area contributed by atoms with Crippen LogP contribution in [0.3, 0.4) is 0 Å². The van der Waals surface area contributed by atoms with Crippen LogP contribution in [0.2, 0.25) is 10.2 Å². The summed E-state index contributed by atoms with van der Waals surface area (Å²) in [5.41, 5.74) is 0.134. The number of nitrogens with zero attached hydrogens (tertiary/aromatic N) is 1. The quantitative estimate of drug-likeness (QED) is 0.766. The van der Waals surface area contributed by atoms with Crippen LogP contribution in [0, 0.1) is 11.8 Å². The fourth-order valence-corrected chi connectivity index (χ4v) is 3.56. The summed E-state index contributed by atoms with van der Waals surface area (Å²) in [6.07, 6.45) is 2.58. The number of carbonyl (C=O) groups is 1. The summed E-state index contributed by atoms with van der Waals surface area (Å²) >= 11 is 12.0. The molecule has 1 heterocycles. The van der Waals surface area contributed by atoms with Crippen molar-refractivity contribution in [1.82, 2.24) is 9.88 Å². The fraction of sp³-hybridized carbons (Fsp3) is 0.350. The maximum Gasteiger partial charge on any atom is 0.268 e. The molecule has 2 atom stereocenters. The molecule has 4 nitrogen and oxygen atoms in total. The average Bonchev–Trinajstić information content (AvgIpc) is 2.93. The molecule has 0 spiro atoms. The van der Waals surface area contributed by atoms with E-state index in [4.69, 9.17) is 23.2 Å². The molecule has 1 unspecified atom stereocenters. The third-order valence-electron chi connectivity index (χ3n) is 4.62. The summed E-state index contributed by atoms with van der Waals surface area (Å²) in [7, 11) is 1.74. The Hall–Kier alpha value is -1.93. The molecule has 6 heteroatoms. The van der Waals surface area contributed by atoms with Gasteiger partial charge in [-0.25, -0.2) is 0 Å². The maximum absolute atomic E-state index is 12.5. The molecule has 2 N–H and O–H groups in total. The van der Waals surface area contributed by atoms with Gasteiger partial charge in [-0.15, -0.1) is 0 Å². The topological polar surface area (TPSA) is 54.3 Å². The molecular formula is C20H20Cl2N2O2. The largest absolute Gasteiger partial charge is 0.378 e. The lowest BCUT2D eigenvalue weighted by atomic mass is 9.82. The number of amides is 1. The standard InChI is InChI=1S/C20H20Cl2N2O2/c1-24-17(7-8-18(24)22)19(25)23-16-6-3-10-20(26,13-16)11-9-14-4-2-5-15(21)12-14/h2,4-5,7-8,12,16,26H,3,6,10,13H2,1H3,(H,23,25)/t16-,20?/m0/s1. The van der Waals surface area contributed by atoms with Crippen molar-refractivity contribution >= 4 is 29.1 Å². The van der Waals surface area contributed by atoms with Gasteiger partial charge in [-0.1, -0.05) is 41.1 Å². The molecule has 1 fully saturated rings. The number of benzene rings is 1. The van der Waals surface area contributed by atoms with Crippen LogP contribution < -0.4 is 5.32 Å². The second-order valence-corrected chi connectivity index (χ2v) is 7.48. The van der Waals surface area contributed by atoms with Gasteiger partial charge >= 0.3 is 0 Å². The van der Waals surface area contributed by atoms with E-state index in [9.17, 15) is 9.90 Å². The molecular weight excluding hydrogens is 371 g/mol. The molecule has 0 bridgehead atoms. The third-order valence-corrected chi connectivity index (χ3v) is 5.23. The van der Waals surface area contributed by atoms with Crippen LogP contribution in [0.4, 0.5) is 0 Å². The zero-order valence-electron chi connectivity index (χ0n) is 14.4. The first-order valence-electron chi connectivity index (χ1n) is 8.49. The van der Waals surface area contributed by atoms with E-state index in [1.54, 1.807) is 35.9 Å². The number of hydrogen-bond donors (Lipinski definition) is 2. The maximum atomic E-state index is 12.5. The highest BCUT2D eigenvalue weighted by Gasteiger charge is 2.33. The zero-order valence-corrected chi connectivity index (χ0v) is 15.9. The minimum atomic E-state index is -1.12. The summed E-state index contributed by atoms with van der Waals surface area (Å²) in [6.45, 7) is 0. The van der Waals surface area contributed by atoms with Gasteiger partial charge in [0.2, 0.25) is 0 Å². The Balaban J connectivity index is 1.69. The monoisotopic (exact) mass is 390 g/mol. The molecule has 1 saturated carbocycles. The van der Waals surface area contributed by atoms with E-state index in [-0.39, 0.29) is 11.9 Å². The second kappa shape index (κ2) is 7.75. The van der Waals surface area contributed by atoms with Crippen molar-refractivity contribution in [1.29, 1.82) is 0 Å². The van der Waals surface area contributed by atoms with Crippen LogP contribution in [0.1, 0.15) is 41.7 Å². The number of aromatic nitrogens is 1. The summed E-state index contributed by atoms with van der Waals surface area (Å²) in [5, 5.41) is 14.9. The van der Waals surface area contributed by atoms with Gasteiger partial charge in [0.15, 0.2) is 0 Å². The van der Waals surface area contributed by atoms with Crippen LogP contribution in [-0.4, -0.2) is 27.2 Å². The zero-order chi connectivity index (χ0) is 18.7. The van der Waals surface area contributed by atoms with Crippen molar-refractivity contribution in [2.45, 2.75) is 37.3 Å². The van der Waals surface area contributed by atoms with Crippen LogP contribution in [0.5, 0.6) is 0 Å². The fourth-order valence-electron chi connectivity index (χ4n) is 3.22. The molecule has 0 aliphatic heterocycles. The number of halogens is 2. The van der Waals surface area contributed by atoms with Gasteiger partial charge in [0.25, 0.3) is 5.91 Å². The molecule has 26 heavy (non-hydrogen) atoms. The van der Waals surface area contributed by atoms with E-state index in [1.807, 2.05) is 12.1 Å². The first-order valence-corrected chi connectivity index (χ1v) is 9.25. The van der Waals surface area contributed by atoms with Crippen molar-refractivity contribution in [3.63, 3.8) is 0 Å². The number of hydrogen-bond acceptors (Lipinski definition) is 2. The Morgan fingerprint density at radius 1 is 1.35 bits per heavy atom.